The lowest BCUT2D eigenvalue weighted by atomic mass is 10.2. The summed E-state index contributed by atoms with van der Waals surface area (Å²) in [4.78, 5) is 16.6. The van der Waals surface area contributed by atoms with Gasteiger partial charge in [-0.25, -0.2) is 19.9 Å². The first-order valence-corrected chi connectivity index (χ1v) is 9.06. The highest BCUT2D eigenvalue weighted by Crippen LogP contribution is 2.17. The smallest absolute Gasteiger partial charge is 0.227 e. The monoisotopic (exact) mass is 421 g/mol. The molecule has 0 atom stereocenters. The molecule has 0 radical (unpaired) electrons. The molecule has 0 aliphatic heterocycles. The summed E-state index contributed by atoms with van der Waals surface area (Å²) in [6.45, 7) is 0. The number of hydrogen-bond donors (Lipinski definition) is 1. The quantitative estimate of drug-likeness (QED) is 0.350. The summed E-state index contributed by atoms with van der Waals surface area (Å²) in [5.41, 5.74) is 2.82. The van der Waals surface area contributed by atoms with Crippen molar-refractivity contribution in [3.05, 3.63) is 96.5 Å². The van der Waals surface area contributed by atoms with E-state index in [9.17, 15) is 0 Å². The number of aromatic nitrogens is 4. The summed E-state index contributed by atoms with van der Waals surface area (Å²) in [5, 5.41) is 5.63. The van der Waals surface area contributed by atoms with Gasteiger partial charge in [0.25, 0.3) is 0 Å². The average molecular weight is 422 g/mol. The molecule has 1 N–H and O–H groups in total. The number of anilines is 2. The Bertz CT molecular complexity index is 1210. The molecule has 0 unspecified atom stereocenters. The van der Waals surface area contributed by atoms with Crippen molar-refractivity contribution in [2.75, 3.05) is 5.32 Å². The third kappa shape index (κ3) is 5.16. The molecule has 0 saturated carbocycles. The fourth-order valence-corrected chi connectivity index (χ4v) is 2.86. The second-order valence-corrected chi connectivity index (χ2v) is 6.28. The van der Waals surface area contributed by atoms with Gasteiger partial charge in [-0.3, -0.25) is 0 Å². The molecule has 3 aromatic carbocycles. The number of halogens is 2. The molecular weight excluding hydrogens is 405 g/mol. The molecule has 29 heavy (non-hydrogen) atoms. The third-order valence-electron chi connectivity index (χ3n) is 4.01. The predicted molar refractivity (Wildman–Crippen MR) is 121 cm³/mol. The van der Waals surface area contributed by atoms with E-state index in [0.717, 1.165) is 27.5 Å². The fourth-order valence-electron chi connectivity index (χ4n) is 2.65. The molecule has 0 aliphatic carbocycles. The number of benzene rings is 3. The van der Waals surface area contributed by atoms with Crippen molar-refractivity contribution < 1.29 is 0 Å². The third-order valence-corrected chi connectivity index (χ3v) is 4.31. The molecular formula is C22H17Cl2N5. The van der Waals surface area contributed by atoms with Gasteiger partial charge in [0.2, 0.25) is 5.95 Å². The van der Waals surface area contributed by atoms with Gasteiger partial charge in [0.15, 0.2) is 0 Å². The van der Waals surface area contributed by atoms with Gasteiger partial charge in [0.05, 0.1) is 11.0 Å². The van der Waals surface area contributed by atoms with Crippen LogP contribution in [0.25, 0.3) is 21.8 Å². The van der Waals surface area contributed by atoms with E-state index in [1.54, 1.807) is 0 Å². The van der Waals surface area contributed by atoms with Crippen LogP contribution >= 0.6 is 24.0 Å². The van der Waals surface area contributed by atoms with E-state index >= 15 is 0 Å². The molecule has 5 rings (SSSR count). The van der Waals surface area contributed by atoms with Crippen LogP contribution in [0.15, 0.2) is 91.4 Å². The Hall–Kier alpha value is -3.28. The molecule has 0 saturated heterocycles. The number of para-hydroxylation sites is 3. The molecule has 144 valence electrons. The largest absolute Gasteiger partial charge is 0.324 e. The number of rotatable bonds is 2. The van der Waals surface area contributed by atoms with Crippen molar-refractivity contribution in [3.8, 4) is 0 Å². The van der Waals surface area contributed by atoms with Crippen LogP contribution in [0.5, 0.6) is 0 Å². The van der Waals surface area contributed by atoms with E-state index in [4.69, 9.17) is 11.6 Å². The zero-order valence-corrected chi connectivity index (χ0v) is 16.8. The molecule has 0 amide bonds. The summed E-state index contributed by atoms with van der Waals surface area (Å²) in [6, 6.07) is 25.5. The SMILES string of the molecule is Cl.Clc1ncnc2ccccc12.c1ccc(Nc2ncc3ccccc3n2)cc1. The number of fused-ring (bicyclic) bond motifs is 2. The lowest BCUT2D eigenvalue weighted by molar-refractivity contribution is 1.21. The summed E-state index contributed by atoms with van der Waals surface area (Å²) >= 11 is 5.81. The minimum Gasteiger partial charge on any atom is -0.324 e. The van der Waals surface area contributed by atoms with E-state index in [-0.39, 0.29) is 12.4 Å². The molecule has 0 fully saturated rings. The van der Waals surface area contributed by atoms with Gasteiger partial charge in [-0.2, -0.15) is 0 Å². The summed E-state index contributed by atoms with van der Waals surface area (Å²) in [7, 11) is 0. The van der Waals surface area contributed by atoms with Crippen LogP contribution in [0, 0.1) is 0 Å². The Balaban J connectivity index is 0.000000174. The van der Waals surface area contributed by atoms with Gasteiger partial charge >= 0.3 is 0 Å². The second-order valence-electron chi connectivity index (χ2n) is 5.93. The number of hydrogen-bond acceptors (Lipinski definition) is 5. The number of nitrogens with one attached hydrogen (secondary N) is 1. The van der Waals surface area contributed by atoms with Crippen LogP contribution < -0.4 is 5.32 Å². The molecule has 2 heterocycles. The highest BCUT2D eigenvalue weighted by Gasteiger charge is 1.99. The number of nitrogens with zero attached hydrogens (tertiary/aromatic N) is 4. The highest BCUT2D eigenvalue weighted by atomic mass is 35.5. The van der Waals surface area contributed by atoms with Crippen molar-refractivity contribution in [1.82, 2.24) is 19.9 Å². The summed E-state index contributed by atoms with van der Waals surface area (Å²) < 4.78 is 0. The second kappa shape index (κ2) is 9.78. The molecule has 7 heteroatoms. The first kappa shape index (κ1) is 20.5. The summed E-state index contributed by atoms with van der Waals surface area (Å²) in [5.74, 6) is 0.620. The Morgan fingerprint density at radius 1 is 0.690 bits per heavy atom. The van der Waals surface area contributed by atoms with Gasteiger partial charge in [-0.05, 0) is 30.3 Å². The lowest BCUT2D eigenvalue weighted by Gasteiger charge is -2.04. The zero-order valence-electron chi connectivity index (χ0n) is 15.2. The van der Waals surface area contributed by atoms with Gasteiger partial charge in [0, 0.05) is 22.7 Å². The highest BCUT2D eigenvalue weighted by molar-refractivity contribution is 6.33. The predicted octanol–water partition coefficient (Wildman–Crippen LogP) is 6.08. The van der Waals surface area contributed by atoms with E-state index in [1.807, 2.05) is 85.1 Å². The van der Waals surface area contributed by atoms with E-state index in [1.165, 1.54) is 6.33 Å². The normalized spacial score (nSPS) is 9.97. The molecule has 0 bridgehead atoms. The maximum Gasteiger partial charge on any atom is 0.227 e. The van der Waals surface area contributed by atoms with Crippen LogP contribution in [-0.2, 0) is 0 Å². The van der Waals surface area contributed by atoms with Crippen LogP contribution in [0.1, 0.15) is 0 Å². The maximum atomic E-state index is 5.81. The van der Waals surface area contributed by atoms with Gasteiger partial charge in [-0.15, -0.1) is 12.4 Å². The Kier molecular flexibility index (Phi) is 6.89. The first-order valence-electron chi connectivity index (χ1n) is 8.69. The Morgan fingerprint density at radius 2 is 1.38 bits per heavy atom. The minimum absolute atomic E-state index is 0. The molecule has 0 spiro atoms. The Labute approximate surface area is 179 Å². The molecule has 5 nitrogen and oxygen atoms in total. The van der Waals surface area contributed by atoms with Crippen molar-refractivity contribution in [3.63, 3.8) is 0 Å². The van der Waals surface area contributed by atoms with Gasteiger partial charge in [-0.1, -0.05) is 60.1 Å². The minimum atomic E-state index is 0. The zero-order chi connectivity index (χ0) is 19.2. The fraction of sp³-hybridized carbons (Fsp3) is 0. The molecule has 5 aromatic rings. The standard InChI is InChI=1S/C14H11N3.C8H5ClN2.ClH/c1-2-7-12(8-3-1)16-14-15-10-11-6-4-5-9-13(11)17-14;9-8-6-3-1-2-4-7(6)10-5-11-8;/h1-10H,(H,15,16,17);1-5H;1H. The maximum absolute atomic E-state index is 5.81. The first-order chi connectivity index (χ1) is 13.8. The van der Waals surface area contributed by atoms with E-state index in [2.05, 4.69) is 25.3 Å². The topological polar surface area (TPSA) is 63.6 Å². The lowest BCUT2D eigenvalue weighted by Crippen LogP contribution is -1.96. The molecule has 2 aromatic heterocycles. The van der Waals surface area contributed by atoms with Crippen LogP contribution in [0.3, 0.4) is 0 Å². The molecule has 0 aliphatic rings. The average Bonchev–Trinajstić information content (AvgIpc) is 2.75. The van der Waals surface area contributed by atoms with Crippen LogP contribution in [0.2, 0.25) is 5.15 Å². The van der Waals surface area contributed by atoms with Gasteiger partial charge in [0.1, 0.15) is 11.5 Å². The van der Waals surface area contributed by atoms with Crippen LogP contribution in [0.4, 0.5) is 11.6 Å². The van der Waals surface area contributed by atoms with Crippen molar-refractivity contribution in [1.29, 1.82) is 0 Å². The van der Waals surface area contributed by atoms with Crippen molar-refractivity contribution >= 4 is 57.4 Å². The van der Waals surface area contributed by atoms with Crippen molar-refractivity contribution in [2.45, 2.75) is 0 Å². The summed E-state index contributed by atoms with van der Waals surface area (Å²) in [6.07, 6.45) is 3.29. The Morgan fingerprint density at radius 3 is 2.17 bits per heavy atom. The van der Waals surface area contributed by atoms with Gasteiger partial charge < -0.3 is 5.32 Å². The van der Waals surface area contributed by atoms with E-state index < -0.39 is 0 Å². The van der Waals surface area contributed by atoms with Crippen molar-refractivity contribution in [2.24, 2.45) is 0 Å². The van der Waals surface area contributed by atoms with Crippen LogP contribution in [-0.4, -0.2) is 19.9 Å². The van der Waals surface area contributed by atoms with E-state index in [0.29, 0.717) is 11.1 Å².